The van der Waals surface area contributed by atoms with Gasteiger partial charge in [-0.1, -0.05) is 26.1 Å². The smallest absolute Gasteiger partial charge is 0.239 e. The molecule has 0 saturated heterocycles. The lowest BCUT2D eigenvalue weighted by molar-refractivity contribution is -0.133. The van der Waals surface area contributed by atoms with Crippen molar-refractivity contribution in [3.63, 3.8) is 0 Å². The van der Waals surface area contributed by atoms with Gasteiger partial charge in [-0.15, -0.1) is 0 Å². The summed E-state index contributed by atoms with van der Waals surface area (Å²) >= 11 is 4.94. The number of nitrogens with zero attached hydrogens (tertiary/aromatic N) is 2. The number of hydrogen-bond donors (Lipinski definition) is 1. The number of hydrogen-bond acceptors (Lipinski definition) is 3. The summed E-state index contributed by atoms with van der Waals surface area (Å²) in [5.41, 5.74) is 5.58. The third kappa shape index (κ3) is 4.45. The van der Waals surface area contributed by atoms with Crippen LogP contribution in [0.3, 0.4) is 0 Å². The van der Waals surface area contributed by atoms with Crippen LogP contribution in [0.25, 0.3) is 0 Å². The molecule has 2 unspecified atom stereocenters. The van der Waals surface area contributed by atoms with Crippen molar-refractivity contribution in [2.75, 3.05) is 27.2 Å². The fourth-order valence-electron chi connectivity index (χ4n) is 1.53. The van der Waals surface area contributed by atoms with Gasteiger partial charge in [0.05, 0.1) is 11.0 Å². The van der Waals surface area contributed by atoms with Crippen molar-refractivity contribution in [1.82, 2.24) is 9.80 Å². The van der Waals surface area contributed by atoms with Crippen molar-refractivity contribution in [1.29, 1.82) is 0 Å². The van der Waals surface area contributed by atoms with E-state index >= 15 is 0 Å². The molecule has 0 aromatic carbocycles. The van der Waals surface area contributed by atoms with E-state index < -0.39 is 0 Å². The molecule has 0 aliphatic rings. The third-order valence-electron chi connectivity index (χ3n) is 2.75. The van der Waals surface area contributed by atoms with E-state index in [9.17, 15) is 4.79 Å². The lowest BCUT2D eigenvalue weighted by Crippen LogP contribution is -2.47. The normalized spacial score (nSPS) is 14.6. The number of thiocarbonyl (C=S) groups is 1. The van der Waals surface area contributed by atoms with Crippen LogP contribution in [-0.4, -0.2) is 53.9 Å². The predicted octanol–water partition coefficient (Wildman–Crippen LogP) is 0.707. The van der Waals surface area contributed by atoms with Gasteiger partial charge in [-0.2, -0.15) is 0 Å². The molecule has 0 aliphatic carbocycles. The zero-order chi connectivity index (χ0) is 12.9. The minimum absolute atomic E-state index is 0.108. The maximum Gasteiger partial charge on any atom is 0.239 e. The van der Waals surface area contributed by atoms with Gasteiger partial charge in [0.1, 0.15) is 0 Å². The Morgan fingerprint density at radius 3 is 2.19 bits per heavy atom. The first-order valence-electron chi connectivity index (χ1n) is 5.55. The average molecular weight is 245 g/mol. The van der Waals surface area contributed by atoms with Crippen molar-refractivity contribution in [3.05, 3.63) is 0 Å². The monoisotopic (exact) mass is 245 g/mol. The zero-order valence-electron chi connectivity index (χ0n) is 10.9. The fraction of sp³-hybridized carbons (Fsp3) is 0.818. The summed E-state index contributed by atoms with van der Waals surface area (Å²) in [4.78, 5) is 16.0. The van der Waals surface area contributed by atoms with Gasteiger partial charge < -0.3 is 10.6 Å². The van der Waals surface area contributed by atoms with Gasteiger partial charge in [0, 0.05) is 26.6 Å². The molecule has 0 radical (unpaired) electrons. The first kappa shape index (κ1) is 15.3. The van der Waals surface area contributed by atoms with Crippen LogP contribution in [0, 0.1) is 5.92 Å². The van der Waals surface area contributed by atoms with Crippen LogP contribution in [-0.2, 0) is 4.79 Å². The van der Waals surface area contributed by atoms with Crippen molar-refractivity contribution < 1.29 is 4.79 Å². The van der Waals surface area contributed by atoms with E-state index in [1.807, 2.05) is 20.8 Å². The predicted molar refractivity (Wildman–Crippen MR) is 71.4 cm³/mol. The molecule has 0 heterocycles. The van der Waals surface area contributed by atoms with Gasteiger partial charge in [-0.25, -0.2) is 0 Å². The molecular formula is C11H23N3OS. The van der Waals surface area contributed by atoms with Crippen molar-refractivity contribution in [2.45, 2.75) is 26.8 Å². The summed E-state index contributed by atoms with van der Waals surface area (Å²) in [6.45, 7) is 7.47. The Labute approximate surface area is 104 Å². The van der Waals surface area contributed by atoms with Gasteiger partial charge in [-0.05, 0) is 13.5 Å². The Hall–Kier alpha value is -0.680. The van der Waals surface area contributed by atoms with Crippen molar-refractivity contribution in [2.24, 2.45) is 11.7 Å². The van der Waals surface area contributed by atoms with Gasteiger partial charge in [0.25, 0.3) is 0 Å². The largest absolute Gasteiger partial charge is 0.393 e. The highest BCUT2D eigenvalue weighted by Crippen LogP contribution is 2.07. The Morgan fingerprint density at radius 2 is 1.88 bits per heavy atom. The van der Waals surface area contributed by atoms with Crippen molar-refractivity contribution in [3.8, 4) is 0 Å². The fourth-order valence-corrected chi connectivity index (χ4v) is 1.61. The first-order chi connectivity index (χ1) is 7.31. The number of carbonyl (C=O) groups excluding carboxylic acids is 1. The minimum Gasteiger partial charge on any atom is -0.393 e. The average Bonchev–Trinajstić information content (AvgIpc) is 2.22. The topological polar surface area (TPSA) is 49.6 Å². The number of amides is 1. The zero-order valence-corrected chi connectivity index (χ0v) is 11.7. The van der Waals surface area contributed by atoms with Crippen LogP contribution < -0.4 is 5.73 Å². The molecule has 16 heavy (non-hydrogen) atoms. The molecule has 0 spiro atoms. The molecule has 4 nitrogen and oxygen atoms in total. The molecule has 0 bridgehead atoms. The number of likely N-dealkylation sites (N-methyl/N-ethyl adjacent to an activating group) is 2. The summed E-state index contributed by atoms with van der Waals surface area (Å²) in [6.07, 6.45) is 0. The summed E-state index contributed by atoms with van der Waals surface area (Å²) in [5, 5.41) is 0. The second-order valence-electron chi connectivity index (χ2n) is 4.30. The van der Waals surface area contributed by atoms with E-state index in [1.54, 1.807) is 19.0 Å². The summed E-state index contributed by atoms with van der Waals surface area (Å²) in [6, 6.07) is -0.128. The quantitative estimate of drug-likeness (QED) is 0.700. The number of rotatable bonds is 6. The molecular weight excluding hydrogens is 222 g/mol. The van der Waals surface area contributed by atoms with Gasteiger partial charge in [0.15, 0.2) is 0 Å². The Balaban J connectivity index is 4.49. The molecule has 0 saturated carbocycles. The van der Waals surface area contributed by atoms with Crippen LogP contribution in [0.1, 0.15) is 20.8 Å². The molecule has 0 aliphatic heterocycles. The highest BCUT2D eigenvalue weighted by atomic mass is 32.1. The molecule has 0 fully saturated rings. The molecule has 0 aromatic heterocycles. The third-order valence-corrected chi connectivity index (χ3v) is 3.15. The van der Waals surface area contributed by atoms with E-state index in [2.05, 4.69) is 4.90 Å². The second-order valence-corrected chi connectivity index (χ2v) is 4.77. The maximum atomic E-state index is 11.8. The van der Waals surface area contributed by atoms with Crippen LogP contribution in [0.15, 0.2) is 0 Å². The summed E-state index contributed by atoms with van der Waals surface area (Å²) < 4.78 is 0. The number of nitrogens with two attached hydrogens (primary N) is 1. The van der Waals surface area contributed by atoms with E-state index in [1.165, 1.54) is 0 Å². The highest BCUT2D eigenvalue weighted by Gasteiger charge is 2.23. The lowest BCUT2D eigenvalue weighted by atomic mass is 10.1. The van der Waals surface area contributed by atoms with E-state index in [-0.39, 0.29) is 17.9 Å². The Bertz CT molecular complexity index is 256. The van der Waals surface area contributed by atoms with Crippen molar-refractivity contribution >= 4 is 23.1 Å². The molecule has 1 amide bonds. The highest BCUT2D eigenvalue weighted by molar-refractivity contribution is 7.80. The molecule has 0 rings (SSSR count). The molecule has 94 valence electrons. The molecule has 2 N–H and O–H groups in total. The SMILES string of the molecule is CCN(CC(C)C(N)=S)C(C)C(=O)N(C)C. The minimum atomic E-state index is -0.128. The van der Waals surface area contributed by atoms with Gasteiger partial charge in [0.2, 0.25) is 5.91 Å². The van der Waals surface area contributed by atoms with Crippen LogP contribution in [0.5, 0.6) is 0 Å². The van der Waals surface area contributed by atoms with E-state index in [0.29, 0.717) is 4.99 Å². The lowest BCUT2D eigenvalue weighted by Gasteiger charge is -2.30. The van der Waals surface area contributed by atoms with E-state index in [0.717, 1.165) is 13.1 Å². The van der Waals surface area contributed by atoms with Crippen LogP contribution in [0.4, 0.5) is 0 Å². The summed E-state index contributed by atoms with van der Waals surface area (Å²) in [7, 11) is 3.54. The molecule has 0 aromatic rings. The summed E-state index contributed by atoms with van der Waals surface area (Å²) in [5.74, 6) is 0.240. The Kier molecular flexibility index (Phi) is 6.52. The number of carbonyl (C=O) groups is 1. The maximum absolute atomic E-state index is 11.8. The van der Waals surface area contributed by atoms with E-state index in [4.69, 9.17) is 18.0 Å². The first-order valence-corrected chi connectivity index (χ1v) is 5.96. The van der Waals surface area contributed by atoms with Gasteiger partial charge in [-0.3, -0.25) is 9.69 Å². The Morgan fingerprint density at radius 1 is 1.38 bits per heavy atom. The molecule has 5 heteroatoms. The van der Waals surface area contributed by atoms with Crippen LogP contribution >= 0.6 is 12.2 Å². The molecule has 2 atom stereocenters. The second kappa shape index (κ2) is 6.81. The van der Waals surface area contributed by atoms with Crippen LogP contribution in [0.2, 0.25) is 0 Å². The standard InChI is InChI=1S/C11H23N3OS/c1-6-14(7-8(2)10(12)16)9(3)11(15)13(4)5/h8-9H,6-7H2,1-5H3,(H2,12,16). The van der Waals surface area contributed by atoms with Gasteiger partial charge >= 0.3 is 0 Å².